The molecule has 6 heteroatoms. The smallest absolute Gasteiger partial charge is 0.262 e. The lowest BCUT2D eigenvalue weighted by Gasteiger charge is -2.18. The van der Waals surface area contributed by atoms with Crippen LogP contribution in [0.15, 0.2) is 59.1 Å². The van der Waals surface area contributed by atoms with E-state index >= 15 is 0 Å². The van der Waals surface area contributed by atoms with E-state index in [-0.39, 0.29) is 11.5 Å². The number of carbonyl (C=O) groups excluding carboxylic acids is 2. The van der Waals surface area contributed by atoms with E-state index in [9.17, 15) is 14.9 Å². The van der Waals surface area contributed by atoms with Crippen LogP contribution in [0.2, 0.25) is 0 Å². The average Bonchev–Trinajstić information content (AvgIpc) is 2.93. The van der Waals surface area contributed by atoms with E-state index in [1.165, 1.54) is 16.7 Å². The molecule has 5 nitrogen and oxygen atoms in total. The summed E-state index contributed by atoms with van der Waals surface area (Å²) in [5, 5.41) is 9.30. The first-order valence-corrected chi connectivity index (χ1v) is 9.36. The molecule has 1 saturated heterocycles. The summed E-state index contributed by atoms with van der Waals surface area (Å²) >= 11 is 1.22. The van der Waals surface area contributed by atoms with Crippen molar-refractivity contribution >= 4 is 29.3 Å². The summed E-state index contributed by atoms with van der Waals surface area (Å²) < 4.78 is 0. The molecule has 27 heavy (non-hydrogen) atoms. The third-order valence-electron chi connectivity index (χ3n) is 4.45. The standard InChI is InChI=1S/C21H19N3O2S/c1-13-6-5-9-16(10-13)24-20(26)18(11-15-8-4-3-7-14(15)2)27-21(24)17(12-22)19(23)25/h3-10,18H,11H2,1-2H3,(H2,23,25)/b21-17+. The number of anilines is 1. The van der Waals surface area contributed by atoms with Gasteiger partial charge < -0.3 is 5.73 Å². The Morgan fingerprint density at radius 2 is 1.96 bits per heavy atom. The van der Waals surface area contributed by atoms with Crippen LogP contribution in [0.4, 0.5) is 5.69 Å². The Morgan fingerprint density at radius 1 is 1.22 bits per heavy atom. The molecule has 0 saturated carbocycles. The number of nitrogens with zero attached hydrogens (tertiary/aromatic N) is 2. The Bertz CT molecular complexity index is 991. The largest absolute Gasteiger partial charge is 0.365 e. The van der Waals surface area contributed by atoms with E-state index in [2.05, 4.69) is 0 Å². The maximum atomic E-state index is 13.2. The van der Waals surface area contributed by atoms with Gasteiger partial charge in [-0.2, -0.15) is 5.26 Å². The van der Waals surface area contributed by atoms with E-state index in [0.29, 0.717) is 17.1 Å². The van der Waals surface area contributed by atoms with Gasteiger partial charge in [0.25, 0.3) is 5.91 Å². The number of thioether (sulfide) groups is 1. The van der Waals surface area contributed by atoms with Crippen LogP contribution in [0.1, 0.15) is 16.7 Å². The van der Waals surface area contributed by atoms with Gasteiger partial charge in [-0.05, 0) is 49.1 Å². The van der Waals surface area contributed by atoms with Crippen LogP contribution in [-0.2, 0) is 16.0 Å². The fourth-order valence-electron chi connectivity index (χ4n) is 3.04. The Labute approximate surface area is 162 Å². The number of rotatable bonds is 4. The number of carbonyl (C=O) groups is 2. The number of primary amides is 1. The fourth-order valence-corrected chi connectivity index (χ4v) is 4.34. The SMILES string of the molecule is Cc1cccc(N2C(=O)C(Cc3ccccc3C)S/C2=C(\C#N)C(N)=O)c1. The zero-order valence-corrected chi connectivity index (χ0v) is 15.9. The van der Waals surface area contributed by atoms with Crippen molar-refractivity contribution in [1.82, 2.24) is 0 Å². The van der Waals surface area contributed by atoms with Crippen LogP contribution < -0.4 is 10.6 Å². The minimum absolute atomic E-state index is 0.155. The number of benzene rings is 2. The molecule has 2 aromatic rings. The van der Waals surface area contributed by atoms with Crippen molar-refractivity contribution in [2.75, 3.05) is 4.90 Å². The molecule has 0 radical (unpaired) electrons. The van der Waals surface area contributed by atoms with Gasteiger partial charge in [0, 0.05) is 5.69 Å². The van der Waals surface area contributed by atoms with Crippen LogP contribution in [0.3, 0.4) is 0 Å². The summed E-state index contributed by atoms with van der Waals surface area (Å²) in [6.07, 6.45) is 0.513. The molecule has 0 aromatic heterocycles. The van der Waals surface area contributed by atoms with Crippen LogP contribution in [0, 0.1) is 25.2 Å². The number of aryl methyl sites for hydroxylation is 2. The maximum Gasteiger partial charge on any atom is 0.262 e. The summed E-state index contributed by atoms with van der Waals surface area (Å²) in [5.74, 6) is -0.986. The molecule has 0 bridgehead atoms. The fraction of sp³-hybridized carbons (Fsp3) is 0.190. The lowest BCUT2D eigenvalue weighted by atomic mass is 10.0. The number of nitriles is 1. The Balaban J connectivity index is 2.06. The predicted molar refractivity (Wildman–Crippen MR) is 107 cm³/mol. The third-order valence-corrected chi connectivity index (χ3v) is 5.71. The summed E-state index contributed by atoms with van der Waals surface area (Å²) in [6, 6.07) is 17.1. The van der Waals surface area contributed by atoms with Gasteiger partial charge in [0.05, 0.1) is 5.25 Å². The second-order valence-corrected chi connectivity index (χ2v) is 7.60. The van der Waals surface area contributed by atoms with Crippen LogP contribution >= 0.6 is 11.8 Å². The number of amides is 2. The monoisotopic (exact) mass is 377 g/mol. The second kappa shape index (κ2) is 7.68. The molecule has 1 aliphatic heterocycles. The molecule has 3 rings (SSSR count). The molecule has 1 aliphatic rings. The Hall–Kier alpha value is -3.04. The van der Waals surface area contributed by atoms with Gasteiger partial charge in [-0.1, -0.05) is 48.2 Å². The molecule has 2 amide bonds. The van der Waals surface area contributed by atoms with Gasteiger partial charge >= 0.3 is 0 Å². The highest BCUT2D eigenvalue weighted by Gasteiger charge is 2.40. The van der Waals surface area contributed by atoms with Crippen molar-refractivity contribution in [1.29, 1.82) is 5.26 Å². The molecule has 136 valence electrons. The minimum Gasteiger partial charge on any atom is -0.365 e. The van der Waals surface area contributed by atoms with Crippen molar-refractivity contribution in [3.63, 3.8) is 0 Å². The number of nitrogens with two attached hydrogens (primary N) is 1. The summed E-state index contributed by atoms with van der Waals surface area (Å²) in [4.78, 5) is 26.4. The quantitative estimate of drug-likeness (QED) is 0.655. The first-order chi connectivity index (χ1) is 12.9. The molecular formula is C21H19N3O2S. The Kier molecular flexibility index (Phi) is 5.33. The van der Waals surface area contributed by atoms with E-state index in [4.69, 9.17) is 5.73 Å². The highest BCUT2D eigenvalue weighted by atomic mass is 32.2. The molecule has 2 N–H and O–H groups in total. The Morgan fingerprint density at radius 3 is 2.59 bits per heavy atom. The van der Waals surface area contributed by atoms with Crippen molar-refractivity contribution in [2.24, 2.45) is 5.73 Å². The van der Waals surface area contributed by atoms with Gasteiger partial charge in [0.1, 0.15) is 16.7 Å². The minimum atomic E-state index is -0.831. The lowest BCUT2D eigenvalue weighted by Crippen LogP contribution is -2.31. The van der Waals surface area contributed by atoms with Crippen LogP contribution in [0.25, 0.3) is 0 Å². The summed E-state index contributed by atoms with van der Waals surface area (Å²) in [5.41, 5.74) is 8.97. The predicted octanol–water partition coefficient (Wildman–Crippen LogP) is 3.22. The molecule has 2 aromatic carbocycles. The molecule has 1 unspecified atom stereocenters. The molecule has 0 aliphatic carbocycles. The van der Waals surface area contributed by atoms with Gasteiger partial charge in [0.2, 0.25) is 5.91 Å². The summed E-state index contributed by atoms with van der Waals surface area (Å²) in [6.45, 7) is 3.92. The maximum absolute atomic E-state index is 13.2. The van der Waals surface area contributed by atoms with E-state index in [0.717, 1.165) is 16.7 Å². The lowest BCUT2D eigenvalue weighted by molar-refractivity contribution is -0.117. The zero-order chi connectivity index (χ0) is 19.6. The van der Waals surface area contributed by atoms with Crippen molar-refractivity contribution in [3.05, 3.63) is 75.8 Å². The average molecular weight is 377 g/mol. The molecule has 1 heterocycles. The number of hydrogen-bond acceptors (Lipinski definition) is 4. The van der Waals surface area contributed by atoms with E-state index in [1.807, 2.05) is 62.4 Å². The third kappa shape index (κ3) is 3.74. The zero-order valence-electron chi connectivity index (χ0n) is 15.1. The van der Waals surface area contributed by atoms with E-state index in [1.54, 1.807) is 6.07 Å². The normalized spacial score (nSPS) is 18.3. The van der Waals surface area contributed by atoms with Gasteiger partial charge in [-0.25, -0.2) is 0 Å². The second-order valence-electron chi connectivity index (χ2n) is 6.41. The topological polar surface area (TPSA) is 87.2 Å². The summed E-state index contributed by atoms with van der Waals surface area (Å²) in [7, 11) is 0. The van der Waals surface area contributed by atoms with Gasteiger partial charge in [0.15, 0.2) is 0 Å². The highest BCUT2D eigenvalue weighted by molar-refractivity contribution is 8.05. The van der Waals surface area contributed by atoms with Crippen molar-refractivity contribution in [2.45, 2.75) is 25.5 Å². The molecule has 1 atom stereocenters. The molecular weight excluding hydrogens is 358 g/mol. The van der Waals surface area contributed by atoms with Crippen LogP contribution in [0.5, 0.6) is 0 Å². The highest BCUT2D eigenvalue weighted by Crippen LogP contribution is 2.42. The first kappa shape index (κ1) is 18.7. The van der Waals surface area contributed by atoms with Crippen LogP contribution in [-0.4, -0.2) is 17.1 Å². The molecule has 0 spiro atoms. The van der Waals surface area contributed by atoms with E-state index < -0.39 is 11.2 Å². The van der Waals surface area contributed by atoms with Gasteiger partial charge in [-0.3, -0.25) is 14.5 Å². The number of hydrogen-bond donors (Lipinski definition) is 1. The molecule has 1 fully saturated rings. The van der Waals surface area contributed by atoms with Crippen molar-refractivity contribution in [3.8, 4) is 6.07 Å². The first-order valence-electron chi connectivity index (χ1n) is 8.48. The van der Waals surface area contributed by atoms with Gasteiger partial charge in [-0.15, -0.1) is 0 Å². The van der Waals surface area contributed by atoms with Crippen molar-refractivity contribution < 1.29 is 9.59 Å².